The molecule has 0 N–H and O–H groups in total. The number of amides is 1. The lowest BCUT2D eigenvalue weighted by Crippen LogP contribution is -2.48. The predicted molar refractivity (Wildman–Crippen MR) is 120 cm³/mol. The molecule has 1 aliphatic heterocycles. The van der Waals surface area contributed by atoms with Crippen molar-refractivity contribution >= 4 is 54.1 Å². The van der Waals surface area contributed by atoms with Crippen LogP contribution in [0, 0.1) is 0 Å². The SMILES string of the molecule is COc1ccc2sc(N3CCN(C(=O)c4ccc5ncsc5c4)CC3)nc2c1OC. The topological polar surface area (TPSA) is 67.8 Å². The summed E-state index contributed by atoms with van der Waals surface area (Å²) in [5.41, 5.74) is 4.27. The zero-order valence-corrected chi connectivity index (χ0v) is 18.3. The number of thiazole rings is 2. The number of benzene rings is 2. The first kappa shape index (κ1) is 19.1. The van der Waals surface area contributed by atoms with Crippen molar-refractivity contribution in [3.05, 3.63) is 41.4 Å². The molecule has 5 rings (SSSR count). The molecule has 0 atom stereocenters. The number of ether oxygens (including phenoxy) is 2. The van der Waals surface area contributed by atoms with E-state index in [1.165, 1.54) is 0 Å². The molecule has 0 saturated carbocycles. The van der Waals surface area contributed by atoms with Crippen LogP contribution in [0.1, 0.15) is 10.4 Å². The fourth-order valence-corrected chi connectivity index (χ4v) is 5.44. The van der Waals surface area contributed by atoms with E-state index < -0.39 is 0 Å². The average molecular weight is 441 g/mol. The van der Waals surface area contributed by atoms with Crippen LogP contribution in [0.3, 0.4) is 0 Å². The fourth-order valence-electron chi connectivity index (χ4n) is 3.70. The highest BCUT2D eigenvalue weighted by atomic mass is 32.1. The van der Waals surface area contributed by atoms with Gasteiger partial charge in [-0.2, -0.15) is 0 Å². The van der Waals surface area contributed by atoms with E-state index in [0.29, 0.717) is 24.6 Å². The van der Waals surface area contributed by atoms with Crippen molar-refractivity contribution in [3.8, 4) is 11.5 Å². The van der Waals surface area contributed by atoms with Crippen LogP contribution >= 0.6 is 22.7 Å². The number of anilines is 1. The van der Waals surface area contributed by atoms with Crippen molar-refractivity contribution in [2.75, 3.05) is 45.3 Å². The summed E-state index contributed by atoms with van der Waals surface area (Å²) in [5, 5.41) is 0.940. The summed E-state index contributed by atoms with van der Waals surface area (Å²) >= 11 is 3.19. The van der Waals surface area contributed by atoms with E-state index >= 15 is 0 Å². The van der Waals surface area contributed by atoms with E-state index in [4.69, 9.17) is 14.5 Å². The van der Waals surface area contributed by atoms with Gasteiger partial charge in [0.1, 0.15) is 5.52 Å². The Morgan fingerprint density at radius 3 is 2.63 bits per heavy atom. The average Bonchev–Trinajstić information content (AvgIpc) is 3.44. The second-order valence-corrected chi connectivity index (χ2v) is 8.85. The van der Waals surface area contributed by atoms with Crippen LogP contribution < -0.4 is 14.4 Å². The van der Waals surface area contributed by atoms with Gasteiger partial charge in [-0.05, 0) is 30.3 Å². The lowest BCUT2D eigenvalue weighted by atomic mass is 10.1. The quantitative estimate of drug-likeness (QED) is 0.480. The first-order valence-electron chi connectivity index (χ1n) is 9.57. The van der Waals surface area contributed by atoms with E-state index in [1.807, 2.05) is 35.2 Å². The third-order valence-electron chi connectivity index (χ3n) is 5.31. The Morgan fingerprint density at radius 2 is 1.87 bits per heavy atom. The van der Waals surface area contributed by atoms with Gasteiger partial charge in [-0.3, -0.25) is 4.79 Å². The molecule has 0 bridgehead atoms. The lowest BCUT2D eigenvalue weighted by Gasteiger charge is -2.34. The van der Waals surface area contributed by atoms with Crippen LogP contribution in [0.4, 0.5) is 5.13 Å². The number of nitrogens with zero attached hydrogens (tertiary/aromatic N) is 4. The zero-order valence-electron chi connectivity index (χ0n) is 16.6. The Morgan fingerprint density at radius 1 is 1.03 bits per heavy atom. The normalized spacial score (nSPS) is 14.5. The van der Waals surface area contributed by atoms with Gasteiger partial charge in [-0.25, -0.2) is 9.97 Å². The number of hydrogen-bond donors (Lipinski definition) is 0. The maximum absolute atomic E-state index is 13.0. The van der Waals surface area contributed by atoms with Gasteiger partial charge in [0.25, 0.3) is 5.91 Å². The van der Waals surface area contributed by atoms with Crippen molar-refractivity contribution in [3.63, 3.8) is 0 Å². The van der Waals surface area contributed by atoms with E-state index in [1.54, 1.807) is 42.4 Å². The molecule has 0 aliphatic carbocycles. The van der Waals surface area contributed by atoms with Crippen molar-refractivity contribution in [2.45, 2.75) is 0 Å². The van der Waals surface area contributed by atoms with E-state index in [9.17, 15) is 4.79 Å². The third-order valence-corrected chi connectivity index (χ3v) is 7.18. The van der Waals surface area contributed by atoms with Crippen LogP contribution in [-0.4, -0.2) is 61.2 Å². The Hall–Kier alpha value is -2.91. The molecule has 0 spiro atoms. The molecule has 154 valence electrons. The molecular formula is C21H20N4O3S2. The number of carbonyl (C=O) groups excluding carboxylic acids is 1. The molecule has 30 heavy (non-hydrogen) atoms. The Balaban J connectivity index is 1.32. The summed E-state index contributed by atoms with van der Waals surface area (Å²) < 4.78 is 13.0. The Kier molecular flexibility index (Phi) is 4.92. The molecule has 7 nitrogen and oxygen atoms in total. The smallest absolute Gasteiger partial charge is 0.254 e. The van der Waals surface area contributed by atoms with Crippen LogP contribution in [-0.2, 0) is 0 Å². The van der Waals surface area contributed by atoms with Crippen LogP contribution in [0.2, 0.25) is 0 Å². The third kappa shape index (κ3) is 3.23. The van der Waals surface area contributed by atoms with Gasteiger partial charge >= 0.3 is 0 Å². The number of hydrogen-bond acceptors (Lipinski definition) is 8. The number of aromatic nitrogens is 2. The largest absolute Gasteiger partial charge is 0.493 e. The number of fused-ring (bicyclic) bond motifs is 2. The van der Waals surface area contributed by atoms with Crippen molar-refractivity contribution < 1.29 is 14.3 Å². The van der Waals surface area contributed by atoms with E-state index in [-0.39, 0.29) is 5.91 Å². The molecule has 1 aliphatic rings. The van der Waals surface area contributed by atoms with E-state index in [0.717, 1.165) is 44.2 Å². The lowest BCUT2D eigenvalue weighted by molar-refractivity contribution is 0.0747. The second kappa shape index (κ2) is 7.73. The highest BCUT2D eigenvalue weighted by molar-refractivity contribution is 7.22. The second-order valence-electron chi connectivity index (χ2n) is 6.96. The van der Waals surface area contributed by atoms with Crippen LogP contribution in [0.15, 0.2) is 35.8 Å². The number of methoxy groups -OCH3 is 2. The first-order chi connectivity index (χ1) is 14.7. The van der Waals surface area contributed by atoms with Gasteiger partial charge < -0.3 is 19.3 Å². The van der Waals surface area contributed by atoms with Crippen molar-refractivity contribution in [1.82, 2.24) is 14.9 Å². The molecule has 2 aromatic carbocycles. The van der Waals surface area contributed by atoms with Gasteiger partial charge in [0.05, 0.1) is 34.6 Å². The highest BCUT2D eigenvalue weighted by Gasteiger charge is 2.25. The molecule has 1 fully saturated rings. The minimum absolute atomic E-state index is 0.0701. The minimum atomic E-state index is 0.0701. The molecule has 1 saturated heterocycles. The molecular weight excluding hydrogens is 420 g/mol. The molecule has 0 radical (unpaired) electrons. The minimum Gasteiger partial charge on any atom is -0.493 e. The summed E-state index contributed by atoms with van der Waals surface area (Å²) in [5.74, 6) is 1.40. The van der Waals surface area contributed by atoms with Crippen LogP contribution in [0.5, 0.6) is 11.5 Å². The fraction of sp³-hybridized carbons (Fsp3) is 0.286. The van der Waals surface area contributed by atoms with Gasteiger partial charge in [-0.15, -0.1) is 11.3 Å². The molecule has 1 amide bonds. The monoisotopic (exact) mass is 440 g/mol. The van der Waals surface area contributed by atoms with Gasteiger partial charge in [0.2, 0.25) is 0 Å². The molecule has 0 unspecified atom stereocenters. The number of carbonyl (C=O) groups is 1. The van der Waals surface area contributed by atoms with Gasteiger partial charge in [0.15, 0.2) is 16.6 Å². The Labute approximate surface area is 181 Å². The summed E-state index contributed by atoms with van der Waals surface area (Å²) in [7, 11) is 3.25. The maximum atomic E-state index is 13.0. The number of piperazine rings is 1. The maximum Gasteiger partial charge on any atom is 0.254 e. The van der Waals surface area contributed by atoms with Gasteiger partial charge in [-0.1, -0.05) is 11.3 Å². The van der Waals surface area contributed by atoms with Gasteiger partial charge in [0, 0.05) is 31.7 Å². The predicted octanol–water partition coefficient (Wildman–Crippen LogP) is 3.89. The van der Waals surface area contributed by atoms with Crippen LogP contribution in [0.25, 0.3) is 20.4 Å². The summed E-state index contributed by atoms with van der Waals surface area (Å²) in [6.07, 6.45) is 0. The molecule has 3 heterocycles. The molecule has 2 aromatic heterocycles. The number of rotatable bonds is 4. The first-order valence-corrected chi connectivity index (χ1v) is 11.3. The van der Waals surface area contributed by atoms with E-state index in [2.05, 4.69) is 9.88 Å². The summed E-state index contributed by atoms with van der Waals surface area (Å²) in [6.45, 7) is 2.81. The zero-order chi connectivity index (χ0) is 20.7. The summed E-state index contributed by atoms with van der Waals surface area (Å²) in [4.78, 5) is 26.2. The summed E-state index contributed by atoms with van der Waals surface area (Å²) in [6, 6.07) is 9.63. The van der Waals surface area contributed by atoms with Crippen molar-refractivity contribution in [1.29, 1.82) is 0 Å². The highest BCUT2D eigenvalue weighted by Crippen LogP contribution is 2.40. The standard InChI is InChI=1S/C21H20N4O3S2/c1-27-15-5-6-16-18(19(15)28-2)23-21(30-16)25-9-7-24(8-10-25)20(26)13-3-4-14-17(11-13)29-12-22-14/h3-6,11-12H,7-10H2,1-2H3. The molecule has 9 heteroatoms. The molecule has 4 aromatic rings. The Bertz CT molecular complexity index is 1230. The van der Waals surface area contributed by atoms with Crippen molar-refractivity contribution in [2.24, 2.45) is 0 Å².